The van der Waals surface area contributed by atoms with Gasteiger partial charge < -0.3 is 14.8 Å². The van der Waals surface area contributed by atoms with Gasteiger partial charge in [-0.2, -0.15) is 0 Å². The summed E-state index contributed by atoms with van der Waals surface area (Å²) in [5.74, 6) is -0.107. The maximum absolute atomic E-state index is 12.8. The van der Waals surface area contributed by atoms with Crippen molar-refractivity contribution in [3.05, 3.63) is 59.3 Å². The molecule has 1 aromatic heterocycles. The van der Waals surface area contributed by atoms with E-state index in [2.05, 4.69) is 21.4 Å². The highest BCUT2D eigenvalue weighted by Gasteiger charge is 2.22. The SMILES string of the molecule is Cc1ccc(Nc2nc3ccccc3nc2C(=O)OCC2CCCO2)c(C)c1. The van der Waals surface area contributed by atoms with E-state index in [1.54, 1.807) is 0 Å². The molecule has 1 saturated heterocycles. The van der Waals surface area contributed by atoms with Crippen molar-refractivity contribution in [1.29, 1.82) is 0 Å². The van der Waals surface area contributed by atoms with E-state index < -0.39 is 5.97 Å². The lowest BCUT2D eigenvalue weighted by molar-refractivity contribution is 0.0157. The molecule has 0 saturated carbocycles. The molecule has 1 aliphatic rings. The van der Waals surface area contributed by atoms with Crippen LogP contribution < -0.4 is 5.32 Å². The Kier molecular flexibility index (Phi) is 5.21. The van der Waals surface area contributed by atoms with E-state index in [-0.39, 0.29) is 18.4 Å². The summed E-state index contributed by atoms with van der Waals surface area (Å²) >= 11 is 0. The number of hydrogen-bond acceptors (Lipinski definition) is 6. The molecule has 144 valence electrons. The minimum Gasteiger partial charge on any atom is -0.458 e. The predicted octanol–water partition coefficient (Wildman–Crippen LogP) is 4.33. The molecule has 2 aromatic carbocycles. The third-order valence-corrected chi connectivity index (χ3v) is 4.82. The van der Waals surface area contributed by atoms with Gasteiger partial charge in [0.25, 0.3) is 0 Å². The maximum atomic E-state index is 12.8. The van der Waals surface area contributed by atoms with Crippen molar-refractivity contribution in [2.24, 2.45) is 0 Å². The van der Waals surface area contributed by atoms with Crippen molar-refractivity contribution in [3.8, 4) is 0 Å². The number of fused-ring (bicyclic) bond motifs is 1. The second-order valence-electron chi connectivity index (χ2n) is 7.09. The Hall–Kier alpha value is -2.99. The second-order valence-corrected chi connectivity index (χ2v) is 7.09. The molecular formula is C22H23N3O3. The van der Waals surface area contributed by atoms with Crippen molar-refractivity contribution in [2.75, 3.05) is 18.5 Å². The highest BCUT2D eigenvalue weighted by atomic mass is 16.6. The Balaban J connectivity index is 1.66. The van der Waals surface area contributed by atoms with Crippen molar-refractivity contribution >= 4 is 28.5 Å². The van der Waals surface area contributed by atoms with E-state index in [0.717, 1.165) is 30.7 Å². The highest BCUT2D eigenvalue weighted by molar-refractivity contribution is 5.96. The number of aryl methyl sites for hydroxylation is 2. The van der Waals surface area contributed by atoms with Gasteiger partial charge in [0, 0.05) is 12.3 Å². The van der Waals surface area contributed by atoms with Gasteiger partial charge in [0.2, 0.25) is 0 Å². The van der Waals surface area contributed by atoms with Crippen molar-refractivity contribution in [3.63, 3.8) is 0 Å². The quantitative estimate of drug-likeness (QED) is 0.667. The number of nitrogens with zero attached hydrogens (tertiary/aromatic N) is 2. The third kappa shape index (κ3) is 3.97. The zero-order chi connectivity index (χ0) is 19.5. The average molecular weight is 377 g/mol. The van der Waals surface area contributed by atoms with Crippen LogP contribution in [0.1, 0.15) is 34.5 Å². The molecule has 6 heteroatoms. The predicted molar refractivity (Wildman–Crippen MR) is 108 cm³/mol. The lowest BCUT2D eigenvalue weighted by atomic mass is 10.1. The summed E-state index contributed by atoms with van der Waals surface area (Å²) in [4.78, 5) is 21.9. The average Bonchev–Trinajstić information content (AvgIpc) is 3.21. The molecule has 0 aliphatic carbocycles. The molecule has 0 amide bonds. The summed E-state index contributed by atoms with van der Waals surface area (Å²) in [5, 5.41) is 3.26. The van der Waals surface area contributed by atoms with Gasteiger partial charge in [0.15, 0.2) is 11.5 Å². The van der Waals surface area contributed by atoms with E-state index in [9.17, 15) is 4.79 Å². The number of esters is 1. The largest absolute Gasteiger partial charge is 0.458 e. The Morgan fingerprint density at radius 2 is 1.96 bits per heavy atom. The number of rotatable bonds is 5. The van der Waals surface area contributed by atoms with E-state index in [1.165, 1.54) is 5.56 Å². The highest BCUT2D eigenvalue weighted by Crippen LogP contribution is 2.25. The topological polar surface area (TPSA) is 73.3 Å². The molecule has 0 radical (unpaired) electrons. The van der Waals surface area contributed by atoms with E-state index >= 15 is 0 Å². The van der Waals surface area contributed by atoms with Crippen LogP contribution in [0.3, 0.4) is 0 Å². The molecule has 2 heterocycles. The summed E-state index contributed by atoms with van der Waals surface area (Å²) < 4.78 is 11.0. The molecule has 1 N–H and O–H groups in total. The smallest absolute Gasteiger partial charge is 0.360 e. The molecule has 28 heavy (non-hydrogen) atoms. The number of carbonyl (C=O) groups is 1. The third-order valence-electron chi connectivity index (χ3n) is 4.82. The minimum absolute atomic E-state index is 0.0342. The van der Waals surface area contributed by atoms with Crippen LogP contribution in [-0.4, -0.2) is 35.3 Å². The zero-order valence-electron chi connectivity index (χ0n) is 16.1. The van der Waals surface area contributed by atoms with Gasteiger partial charge >= 0.3 is 5.97 Å². The monoisotopic (exact) mass is 377 g/mol. The fraction of sp³-hybridized carbons (Fsp3) is 0.318. The Bertz CT molecular complexity index is 1010. The number of hydrogen-bond donors (Lipinski definition) is 1. The molecule has 6 nitrogen and oxygen atoms in total. The van der Waals surface area contributed by atoms with Crippen molar-refractivity contribution < 1.29 is 14.3 Å². The Morgan fingerprint density at radius 3 is 2.68 bits per heavy atom. The molecule has 3 aromatic rings. The summed E-state index contributed by atoms with van der Waals surface area (Å²) in [5.41, 5.74) is 4.65. The number of carbonyl (C=O) groups excluding carboxylic acids is 1. The first-order valence-corrected chi connectivity index (χ1v) is 9.50. The van der Waals surface area contributed by atoms with Crippen LogP contribution in [0.15, 0.2) is 42.5 Å². The summed E-state index contributed by atoms with van der Waals surface area (Å²) in [7, 11) is 0. The van der Waals surface area contributed by atoms with E-state index in [0.29, 0.717) is 16.9 Å². The van der Waals surface area contributed by atoms with Gasteiger partial charge in [-0.3, -0.25) is 0 Å². The van der Waals surface area contributed by atoms with Gasteiger partial charge in [-0.15, -0.1) is 0 Å². The normalized spacial score (nSPS) is 16.3. The molecule has 1 fully saturated rings. The number of ether oxygens (including phenoxy) is 2. The number of anilines is 2. The summed E-state index contributed by atoms with van der Waals surface area (Å²) in [6, 6.07) is 13.5. The van der Waals surface area contributed by atoms with Gasteiger partial charge in [0.1, 0.15) is 6.61 Å². The molecule has 1 unspecified atom stereocenters. The van der Waals surface area contributed by atoms with Crippen LogP contribution in [0.2, 0.25) is 0 Å². The number of para-hydroxylation sites is 2. The number of aromatic nitrogens is 2. The van der Waals surface area contributed by atoms with E-state index in [1.807, 2.05) is 50.2 Å². The van der Waals surface area contributed by atoms with Crippen LogP contribution in [0.5, 0.6) is 0 Å². The van der Waals surface area contributed by atoms with Gasteiger partial charge in [-0.25, -0.2) is 14.8 Å². The first-order valence-electron chi connectivity index (χ1n) is 9.50. The number of nitrogens with one attached hydrogen (secondary N) is 1. The Labute approximate surface area is 163 Å². The minimum atomic E-state index is -0.499. The maximum Gasteiger partial charge on any atom is 0.360 e. The van der Waals surface area contributed by atoms with Gasteiger partial charge in [-0.05, 0) is 50.5 Å². The molecule has 4 rings (SSSR count). The van der Waals surface area contributed by atoms with Crippen molar-refractivity contribution in [2.45, 2.75) is 32.8 Å². The van der Waals surface area contributed by atoms with Crippen LogP contribution >= 0.6 is 0 Å². The molecule has 0 bridgehead atoms. The van der Waals surface area contributed by atoms with Crippen LogP contribution in [-0.2, 0) is 9.47 Å². The first kappa shape index (κ1) is 18.4. The lowest BCUT2D eigenvalue weighted by Gasteiger charge is -2.14. The summed E-state index contributed by atoms with van der Waals surface area (Å²) in [6.07, 6.45) is 1.87. The first-order chi connectivity index (χ1) is 13.6. The molecule has 1 atom stereocenters. The Morgan fingerprint density at radius 1 is 1.18 bits per heavy atom. The summed E-state index contributed by atoms with van der Waals surface area (Å²) in [6.45, 7) is 5.01. The standard InChI is InChI=1S/C22H23N3O3/c1-14-9-10-17(15(2)12-14)24-21-20(22(26)28-13-16-6-5-11-27-16)23-18-7-3-4-8-19(18)25-21/h3-4,7-10,12,16H,5-6,11,13H2,1-2H3,(H,24,25). The zero-order valence-corrected chi connectivity index (χ0v) is 16.1. The second kappa shape index (κ2) is 7.94. The van der Waals surface area contributed by atoms with Crippen LogP contribution in [0, 0.1) is 13.8 Å². The molecule has 0 spiro atoms. The van der Waals surface area contributed by atoms with Gasteiger partial charge in [-0.1, -0.05) is 29.8 Å². The number of benzene rings is 2. The molecular weight excluding hydrogens is 354 g/mol. The lowest BCUT2D eigenvalue weighted by Crippen LogP contribution is -2.20. The molecule has 1 aliphatic heterocycles. The van der Waals surface area contributed by atoms with E-state index in [4.69, 9.17) is 9.47 Å². The van der Waals surface area contributed by atoms with Gasteiger partial charge in [0.05, 0.1) is 17.1 Å². The van der Waals surface area contributed by atoms with Crippen LogP contribution in [0.25, 0.3) is 11.0 Å². The van der Waals surface area contributed by atoms with Crippen LogP contribution in [0.4, 0.5) is 11.5 Å². The fourth-order valence-corrected chi connectivity index (χ4v) is 3.32. The van der Waals surface area contributed by atoms with Crippen molar-refractivity contribution in [1.82, 2.24) is 9.97 Å². The fourth-order valence-electron chi connectivity index (χ4n) is 3.32.